The highest BCUT2D eigenvalue weighted by Crippen LogP contribution is 2.31. The Labute approximate surface area is 139 Å². The molecule has 9 heteroatoms. The summed E-state index contributed by atoms with van der Waals surface area (Å²) in [6.45, 7) is 1.36. The molecule has 1 amide bonds. The molecule has 2 fully saturated rings. The minimum atomic E-state index is -3.18. The van der Waals surface area contributed by atoms with Gasteiger partial charge in [0.05, 0.1) is 11.5 Å². The van der Waals surface area contributed by atoms with Gasteiger partial charge in [-0.05, 0) is 25.0 Å². The molecule has 1 saturated heterocycles. The molecule has 1 aliphatic heterocycles. The van der Waals surface area contributed by atoms with Crippen LogP contribution in [0, 0.1) is 0 Å². The smallest absolute Gasteiger partial charge is 0.276 e. The molecule has 3 heterocycles. The number of hydrogen-bond acceptors (Lipinski definition) is 6. The number of furan rings is 1. The Morgan fingerprint density at radius 3 is 2.54 bits per heavy atom. The standard InChI is InChI=1S/C15H17N3O5S/c19-15(12-10-14(23-16-12)13-2-1-9-22-13)17-5-7-18(8-6-17)24(20,21)11-3-4-11/h1-2,9-11H,3-8H2. The summed E-state index contributed by atoms with van der Waals surface area (Å²) in [5.41, 5.74) is 0.194. The first kappa shape index (κ1) is 15.4. The van der Waals surface area contributed by atoms with Gasteiger partial charge < -0.3 is 13.8 Å². The van der Waals surface area contributed by atoms with Crippen molar-refractivity contribution in [1.82, 2.24) is 14.4 Å². The first-order chi connectivity index (χ1) is 11.6. The summed E-state index contributed by atoms with van der Waals surface area (Å²) in [6, 6.07) is 4.98. The third kappa shape index (κ3) is 2.73. The minimum absolute atomic E-state index is 0.194. The van der Waals surface area contributed by atoms with Gasteiger partial charge in [-0.3, -0.25) is 4.79 Å². The first-order valence-corrected chi connectivity index (χ1v) is 9.35. The van der Waals surface area contributed by atoms with Gasteiger partial charge in [-0.2, -0.15) is 4.31 Å². The van der Waals surface area contributed by atoms with Crippen LogP contribution in [0.25, 0.3) is 11.5 Å². The molecule has 4 rings (SSSR count). The molecule has 0 radical (unpaired) electrons. The highest BCUT2D eigenvalue weighted by Gasteiger charge is 2.41. The summed E-state index contributed by atoms with van der Waals surface area (Å²) in [5.74, 6) is 0.625. The summed E-state index contributed by atoms with van der Waals surface area (Å²) in [4.78, 5) is 14.1. The van der Waals surface area contributed by atoms with Gasteiger partial charge in [-0.15, -0.1) is 0 Å². The maximum atomic E-state index is 12.5. The molecule has 0 bridgehead atoms. The van der Waals surface area contributed by atoms with Crippen LogP contribution in [-0.2, 0) is 10.0 Å². The molecule has 2 aliphatic rings. The lowest BCUT2D eigenvalue weighted by atomic mass is 10.2. The molecule has 1 saturated carbocycles. The molecule has 128 valence electrons. The van der Waals surface area contributed by atoms with Crippen molar-refractivity contribution < 1.29 is 22.2 Å². The number of sulfonamides is 1. The number of piperazine rings is 1. The number of amides is 1. The highest BCUT2D eigenvalue weighted by molar-refractivity contribution is 7.90. The molecule has 24 heavy (non-hydrogen) atoms. The van der Waals surface area contributed by atoms with Gasteiger partial charge in [-0.25, -0.2) is 8.42 Å². The van der Waals surface area contributed by atoms with Crippen molar-refractivity contribution in [2.24, 2.45) is 0 Å². The van der Waals surface area contributed by atoms with Crippen LogP contribution in [0.5, 0.6) is 0 Å². The Kier molecular flexibility index (Phi) is 3.69. The lowest BCUT2D eigenvalue weighted by Gasteiger charge is -2.33. The van der Waals surface area contributed by atoms with Gasteiger partial charge in [0.25, 0.3) is 5.91 Å². The van der Waals surface area contributed by atoms with Gasteiger partial charge in [0.15, 0.2) is 11.5 Å². The van der Waals surface area contributed by atoms with Crippen LogP contribution in [-0.4, -0.2) is 60.1 Å². The molecule has 0 unspecified atom stereocenters. The summed E-state index contributed by atoms with van der Waals surface area (Å²) in [6.07, 6.45) is 3.00. The van der Waals surface area contributed by atoms with E-state index in [2.05, 4.69) is 5.16 Å². The molecule has 2 aromatic heterocycles. The van der Waals surface area contributed by atoms with E-state index >= 15 is 0 Å². The summed E-state index contributed by atoms with van der Waals surface area (Å²) in [7, 11) is -3.18. The van der Waals surface area contributed by atoms with E-state index in [-0.39, 0.29) is 16.9 Å². The molecule has 0 spiro atoms. The molecule has 2 aromatic rings. The Hall–Kier alpha value is -2.13. The number of carbonyl (C=O) groups is 1. The summed E-state index contributed by atoms with van der Waals surface area (Å²) < 4.78 is 36.3. The average Bonchev–Trinajstić information content (AvgIpc) is 3.12. The number of rotatable bonds is 4. The van der Waals surface area contributed by atoms with Crippen molar-refractivity contribution in [3.05, 3.63) is 30.2 Å². The van der Waals surface area contributed by atoms with E-state index < -0.39 is 10.0 Å². The zero-order valence-electron chi connectivity index (χ0n) is 12.9. The second-order valence-electron chi connectivity index (χ2n) is 5.99. The normalized spacial score (nSPS) is 19.6. The highest BCUT2D eigenvalue weighted by atomic mass is 32.2. The lowest BCUT2D eigenvalue weighted by molar-refractivity contribution is 0.0687. The van der Waals surface area contributed by atoms with Crippen LogP contribution >= 0.6 is 0 Å². The summed E-state index contributed by atoms with van der Waals surface area (Å²) >= 11 is 0. The third-order valence-electron chi connectivity index (χ3n) is 4.32. The molecule has 0 N–H and O–H groups in total. The molecule has 8 nitrogen and oxygen atoms in total. The predicted molar refractivity (Wildman–Crippen MR) is 83.6 cm³/mol. The van der Waals surface area contributed by atoms with Crippen molar-refractivity contribution >= 4 is 15.9 Å². The van der Waals surface area contributed by atoms with E-state index in [1.54, 1.807) is 17.0 Å². The first-order valence-electron chi connectivity index (χ1n) is 7.84. The Balaban J connectivity index is 1.41. The number of hydrogen-bond donors (Lipinski definition) is 0. The Morgan fingerprint density at radius 2 is 1.92 bits per heavy atom. The lowest BCUT2D eigenvalue weighted by Crippen LogP contribution is -2.51. The van der Waals surface area contributed by atoms with Crippen LogP contribution in [0.15, 0.2) is 33.4 Å². The Morgan fingerprint density at radius 1 is 1.17 bits per heavy atom. The molecular formula is C15H17N3O5S. The summed E-state index contributed by atoms with van der Waals surface area (Å²) in [5, 5.41) is 3.58. The van der Waals surface area contributed by atoms with E-state index in [9.17, 15) is 13.2 Å². The third-order valence-corrected chi connectivity index (χ3v) is 6.72. The van der Waals surface area contributed by atoms with Crippen LogP contribution < -0.4 is 0 Å². The van der Waals surface area contributed by atoms with Crippen LogP contribution in [0.3, 0.4) is 0 Å². The number of carbonyl (C=O) groups excluding carboxylic acids is 1. The maximum absolute atomic E-state index is 12.5. The molecule has 0 atom stereocenters. The number of nitrogens with zero attached hydrogens (tertiary/aromatic N) is 3. The van der Waals surface area contributed by atoms with Gasteiger partial charge >= 0.3 is 0 Å². The zero-order chi connectivity index (χ0) is 16.7. The Bertz CT molecular complexity index is 830. The van der Waals surface area contributed by atoms with Crippen molar-refractivity contribution in [2.75, 3.05) is 26.2 Å². The second-order valence-corrected chi connectivity index (χ2v) is 8.20. The monoisotopic (exact) mass is 351 g/mol. The number of aromatic nitrogens is 1. The van der Waals surface area contributed by atoms with E-state index in [0.717, 1.165) is 12.8 Å². The fourth-order valence-electron chi connectivity index (χ4n) is 2.80. The van der Waals surface area contributed by atoms with Gasteiger partial charge in [-0.1, -0.05) is 5.16 Å². The van der Waals surface area contributed by atoms with E-state index in [1.165, 1.54) is 16.6 Å². The van der Waals surface area contributed by atoms with E-state index in [4.69, 9.17) is 8.94 Å². The van der Waals surface area contributed by atoms with Gasteiger partial charge in [0.2, 0.25) is 15.8 Å². The second kappa shape index (κ2) is 5.75. The fraction of sp³-hybridized carbons (Fsp3) is 0.467. The van der Waals surface area contributed by atoms with Crippen LogP contribution in [0.4, 0.5) is 0 Å². The van der Waals surface area contributed by atoms with Crippen molar-refractivity contribution in [3.8, 4) is 11.5 Å². The van der Waals surface area contributed by atoms with E-state index in [1.807, 2.05) is 0 Å². The maximum Gasteiger partial charge on any atom is 0.276 e. The SMILES string of the molecule is O=C(c1cc(-c2ccco2)on1)N1CCN(S(=O)(=O)C2CC2)CC1. The molecular weight excluding hydrogens is 334 g/mol. The van der Waals surface area contributed by atoms with Crippen LogP contribution in [0.1, 0.15) is 23.3 Å². The largest absolute Gasteiger partial charge is 0.461 e. The average molecular weight is 351 g/mol. The van der Waals surface area contributed by atoms with Crippen molar-refractivity contribution in [3.63, 3.8) is 0 Å². The van der Waals surface area contributed by atoms with Gasteiger partial charge in [0.1, 0.15) is 0 Å². The van der Waals surface area contributed by atoms with E-state index in [0.29, 0.717) is 37.7 Å². The minimum Gasteiger partial charge on any atom is -0.461 e. The van der Waals surface area contributed by atoms with Crippen LogP contribution in [0.2, 0.25) is 0 Å². The van der Waals surface area contributed by atoms with Crippen molar-refractivity contribution in [2.45, 2.75) is 18.1 Å². The predicted octanol–water partition coefficient (Wildman–Crippen LogP) is 1.18. The molecule has 1 aliphatic carbocycles. The zero-order valence-corrected chi connectivity index (χ0v) is 13.7. The fourth-order valence-corrected chi connectivity index (χ4v) is 4.62. The van der Waals surface area contributed by atoms with Gasteiger partial charge in [0, 0.05) is 32.2 Å². The quantitative estimate of drug-likeness (QED) is 0.821. The molecule has 0 aromatic carbocycles. The van der Waals surface area contributed by atoms with Crippen molar-refractivity contribution in [1.29, 1.82) is 0 Å². The topological polar surface area (TPSA) is 96.9 Å².